The first-order valence-electron chi connectivity index (χ1n) is 9.16. The van der Waals surface area contributed by atoms with Crippen molar-refractivity contribution in [2.75, 3.05) is 5.32 Å². The van der Waals surface area contributed by atoms with Gasteiger partial charge in [-0.3, -0.25) is 4.79 Å². The van der Waals surface area contributed by atoms with Gasteiger partial charge in [-0.25, -0.2) is 23.4 Å². The highest BCUT2D eigenvalue weighted by atomic mass is 35.5. The van der Waals surface area contributed by atoms with Gasteiger partial charge >= 0.3 is 0 Å². The number of aryl methyl sites for hydroxylation is 1. The number of benzene rings is 1. The Morgan fingerprint density at radius 2 is 1.94 bits per heavy atom. The number of aromatic nitrogens is 4. The predicted octanol–water partition coefficient (Wildman–Crippen LogP) is 5.68. The average molecular weight is 462 g/mol. The van der Waals surface area contributed by atoms with Crippen LogP contribution in [0.4, 0.5) is 14.6 Å². The van der Waals surface area contributed by atoms with E-state index in [2.05, 4.69) is 20.4 Å². The fraction of sp³-hybridized carbons (Fsp3) is 0.143. The van der Waals surface area contributed by atoms with Gasteiger partial charge in [0.25, 0.3) is 6.43 Å². The molecule has 1 N–H and O–H groups in total. The van der Waals surface area contributed by atoms with E-state index in [0.717, 1.165) is 0 Å². The SMILES string of the molecule is Cc1nn(CC(=O)Nc2ncc(Cl)cc2Cl)c2nc(-c3ccccc3)cc(C(F)F)c12. The minimum atomic E-state index is -2.73. The Kier molecular flexibility index (Phi) is 5.84. The Morgan fingerprint density at radius 1 is 1.19 bits per heavy atom. The van der Waals surface area contributed by atoms with Gasteiger partial charge in [-0.2, -0.15) is 5.10 Å². The maximum atomic E-state index is 13.8. The maximum Gasteiger partial charge on any atom is 0.264 e. The van der Waals surface area contributed by atoms with Crippen LogP contribution in [0.15, 0.2) is 48.7 Å². The number of halogens is 4. The molecular formula is C21H15Cl2F2N5O. The molecule has 158 valence electrons. The first-order valence-corrected chi connectivity index (χ1v) is 9.91. The molecule has 0 spiro atoms. The molecule has 0 aliphatic carbocycles. The number of fused-ring (bicyclic) bond motifs is 1. The van der Waals surface area contributed by atoms with Crippen LogP contribution < -0.4 is 5.32 Å². The van der Waals surface area contributed by atoms with Crippen molar-refractivity contribution in [3.8, 4) is 11.3 Å². The summed E-state index contributed by atoms with van der Waals surface area (Å²) in [7, 11) is 0. The normalized spacial score (nSPS) is 11.3. The first-order chi connectivity index (χ1) is 14.8. The van der Waals surface area contributed by atoms with Gasteiger partial charge in [0.15, 0.2) is 11.5 Å². The van der Waals surface area contributed by atoms with Crippen molar-refractivity contribution in [3.05, 3.63) is 70.0 Å². The Morgan fingerprint density at radius 3 is 2.61 bits per heavy atom. The highest BCUT2D eigenvalue weighted by Gasteiger charge is 2.22. The predicted molar refractivity (Wildman–Crippen MR) is 116 cm³/mol. The van der Waals surface area contributed by atoms with Crippen molar-refractivity contribution in [2.45, 2.75) is 19.9 Å². The summed E-state index contributed by atoms with van der Waals surface area (Å²) >= 11 is 11.9. The summed E-state index contributed by atoms with van der Waals surface area (Å²) in [6.07, 6.45) is -1.38. The number of nitrogens with one attached hydrogen (secondary N) is 1. The second kappa shape index (κ2) is 8.56. The molecule has 0 bridgehead atoms. The number of pyridine rings is 2. The van der Waals surface area contributed by atoms with E-state index in [9.17, 15) is 13.6 Å². The van der Waals surface area contributed by atoms with Crippen LogP contribution in [0.5, 0.6) is 0 Å². The van der Waals surface area contributed by atoms with E-state index in [4.69, 9.17) is 23.2 Å². The molecule has 1 aromatic carbocycles. The van der Waals surface area contributed by atoms with Crippen molar-refractivity contribution in [1.29, 1.82) is 0 Å². The van der Waals surface area contributed by atoms with Crippen LogP contribution in [0, 0.1) is 6.92 Å². The van der Waals surface area contributed by atoms with Crippen LogP contribution in [0.3, 0.4) is 0 Å². The van der Waals surface area contributed by atoms with Crippen LogP contribution in [-0.4, -0.2) is 25.7 Å². The molecule has 0 saturated heterocycles. The van der Waals surface area contributed by atoms with Crippen molar-refractivity contribution in [1.82, 2.24) is 19.7 Å². The van der Waals surface area contributed by atoms with Crippen molar-refractivity contribution in [3.63, 3.8) is 0 Å². The number of carbonyl (C=O) groups excluding carboxylic acids is 1. The zero-order chi connectivity index (χ0) is 22.1. The van der Waals surface area contributed by atoms with Gasteiger partial charge in [0, 0.05) is 17.3 Å². The van der Waals surface area contributed by atoms with E-state index >= 15 is 0 Å². The molecule has 0 fully saturated rings. The molecule has 3 aromatic heterocycles. The van der Waals surface area contributed by atoms with Crippen LogP contribution >= 0.6 is 23.2 Å². The number of nitrogens with zero attached hydrogens (tertiary/aromatic N) is 4. The van der Waals surface area contributed by atoms with E-state index in [1.165, 1.54) is 23.0 Å². The molecule has 4 aromatic rings. The lowest BCUT2D eigenvalue weighted by Gasteiger charge is -2.09. The van der Waals surface area contributed by atoms with Gasteiger partial charge in [-0.05, 0) is 19.1 Å². The summed E-state index contributed by atoms with van der Waals surface area (Å²) < 4.78 is 29.0. The number of carbonyl (C=O) groups is 1. The van der Waals surface area contributed by atoms with Crippen molar-refractivity contribution >= 4 is 46.0 Å². The van der Waals surface area contributed by atoms with E-state index < -0.39 is 12.3 Å². The second-order valence-electron chi connectivity index (χ2n) is 6.74. The van der Waals surface area contributed by atoms with Gasteiger partial charge < -0.3 is 5.32 Å². The zero-order valence-corrected chi connectivity index (χ0v) is 17.6. The zero-order valence-electron chi connectivity index (χ0n) is 16.1. The molecule has 3 heterocycles. The standard InChI is InChI=1S/C21H15Cl2F2N5O/c1-11-18-14(19(24)25)8-16(12-5-3-2-4-6-12)27-21(18)30(29-11)10-17(31)28-20-15(23)7-13(22)9-26-20/h2-9,19H,10H2,1H3,(H,26,28,31). The van der Waals surface area contributed by atoms with Crippen LogP contribution in [0.25, 0.3) is 22.3 Å². The monoisotopic (exact) mass is 461 g/mol. The number of hydrogen-bond donors (Lipinski definition) is 1. The lowest BCUT2D eigenvalue weighted by molar-refractivity contribution is -0.116. The molecule has 0 atom stereocenters. The van der Waals surface area contributed by atoms with Crippen LogP contribution in [0.2, 0.25) is 10.0 Å². The lowest BCUT2D eigenvalue weighted by atomic mass is 10.1. The van der Waals surface area contributed by atoms with Crippen molar-refractivity contribution < 1.29 is 13.6 Å². The smallest absolute Gasteiger partial charge is 0.264 e. The largest absolute Gasteiger partial charge is 0.308 e. The number of rotatable bonds is 5. The Labute approximate surface area is 185 Å². The first kappa shape index (κ1) is 21.1. The molecule has 31 heavy (non-hydrogen) atoms. The summed E-state index contributed by atoms with van der Waals surface area (Å²) in [5.41, 5.74) is 1.41. The molecule has 10 heteroatoms. The highest BCUT2D eigenvalue weighted by molar-refractivity contribution is 6.36. The Hall–Kier alpha value is -3.10. The van der Waals surface area contributed by atoms with E-state index in [-0.39, 0.29) is 34.0 Å². The fourth-order valence-corrected chi connectivity index (χ4v) is 3.67. The minimum absolute atomic E-state index is 0.135. The number of hydrogen-bond acceptors (Lipinski definition) is 4. The summed E-state index contributed by atoms with van der Waals surface area (Å²) in [6, 6.07) is 11.8. The molecular weight excluding hydrogens is 447 g/mol. The van der Waals surface area contributed by atoms with Gasteiger partial charge in [-0.15, -0.1) is 0 Å². The second-order valence-corrected chi connectivity index (χ2v) is 7.58. The summed E-state index contributed by atoms with van der Waals surface area (Å²) in [4.78, 5) is 21.1. The van der Waals surface area contributed by atoms with E-state index in [0.29, 0.717) is 22.0 Å². The number of alkyl halides is 2. The van der Waals surface area contributed by atoms with E-state index in [1.54, 1.807) is 31.2 Å². The molecule has 0 saturated carbocycles. The molecule has 1 amide bonds. The third-order valence-corrected chi connectivity index (χ3v) is 5.07. The fourth-order valence-electron chi connectivity index (χ4n) is 3.24. The maximum absolute atomic E-state index is 13.8. The minimum Gasteiger partial charge on any atom is -0.308 e. The molecule has 0 aliphatic rings. The lowest BCUT2D eigenvalue weighted by Crippen LogP contribution is -2.20. The molecule has 0 unspecified atom stereocenters. The number of anilines is 1. The third-order valence-electron chi connectivity index (χ3n) is 4.57. The highest BCUT2D eigenvalue weighted by Crippen LogP contribution is 2.33. The molecule has 0 aliphatic heterocycles. The Balaban J connectivity index is 1.74. The van der Waals surface area contributed by atoms with Gasteiger partial charge in [0.2, 0.25) is 5.91 Å². The van der Waals surface area contributed by atoms with E-state index in [1.807, 2.05) is 6.07 Å². The van der Waals surface area contributed by atoms with Crippen LogP contribution in [0.1, 0.15) is 17.7 Å². The topological polar surface area (TPSA) is 72.7 Å². The average Bonchev–Trinajstić information content (AvgIpc) is 3.05. The molecule has 4 rings (SSSR count). The van der Waals surface area contributed by atoms with Crippen molar-refractivity contribution in [2.24, 2.45) is 0 Å². The third kappa shape index (κ3) is 4.35. The van der Waals surface area contributed by atoms with Gasteiger partial charge in [0.1, 0.15) is 6.54 Å². The van der Waals surface area contributed by atoms with Gasteiger partial charge in [0.05, 0.1) is 26.8 Å². The number of amides is 1. The summed E-state index contributed by atoms with van der Waals surface area (Å²) in [5.74, 6) is -0.359. The summed E-state index contributed by atoms with van der Waals surface area (Å²) in [5, 5.41) is 7.56. The molecule has 6 nitrogen and oxygen atoms in total. The molecule has 0 radical (unpaired) electrons. The van der Waals surface area contributed by atoms with Gasteiger partial charge in [-0.1, -0.05) is 53.5 Å². The Bertz CT molecular complexity index is 1280. The van der Waals surface area contributed by atoms with Crippen LogP contribution in [-0.2, 0) is 11.3 Å². The quantitative estimate of drug-likeness (QED) is 0.414. The summed E-state index contributed by atoms with van der Waals surface area (Å²) in [6.45, 7) is 1.34.